The molecule has 8 nitrogen and oxygen atoms in total. The number of aromatic carboxylic acids is 2. The van der Waals surface area contributed by atoms with Crippen LogP contribution < -0.4 is 0 Å². The van der Waals surface area contributed by atoms with Gasteiger partial charge in [0.05, 0.1) is 24.0 Å². The lowest BCUT2D eigenvalue weighted by molar-refractivity contribution is -0.143. The van der Waals surface area contributed by atoms with E-state index in [9.17, 15) is 19.2 Å². The first-order chi connectivity index (χ1) is 9.25. The normalized spacial score (nSPS) is 9.00. The molecule has 20 heavy (non-hydrogen) atoms. The third-order valence-electron chi connectivity index (χ3n) is 1.94. The Kier molecular flexibility index (Phi) is 7.05. The van der Waals surface area contributed by atoms with E-state index in [1.807, 2.05) is 0 Å². The highest BCUT2D eigenvalue weighted by atomic mass is 16.4. The van der Waals surface area contributed by atoms with Crippen LogP contribution >= 0.6 is 0 Å². The zero-order valence-electron chi connectivity index (χ0n) is 10.1. The molecule has 0 atom stereocenters. The molecule has 1 aromatic carbocycles. The molecule has 0 unspecified atom stereocenters. The van der Waals surface area contributed by atoms with Crippen LogP contribution in [0.2, 0.25) is 0 Å². The van der Waals surface area contributed by atoms with Gasteiger partial charge >= 0.3 is 23.9 Å². The predicted molar refractivity (Wildman–Crippen MR) is 64.9 cm³/mol. The minimum atomic E-state index is -1.23. The van der Waals surface area contributed by atoms with E-state index in [0.29, 0.717) is 0 Å². The largest absolute Gasteiger partial charge is 0.481 e. The summed E-state index contributed by atoms with van der Waals surface area (Å²) in [5, 5.41) is 32.9. The van der Waals surface area contributed by atoms with Crippen LogP contribution in [0, 0.1) is 0 Å². The minimum absolute atomic E-state index is 0.190. The van der Waals surface area contributed by atoms with Gasteiger partial charge in [-0.1, -0.05) is 12.1 Å². The average Bonchev–Trinajstić information content (AvgIpc) is 2.37. The molecule has 1 aromatic rings. The Morgan fingerprint density at radius 2 is 1.00 bits per heavy atom. The SMILES string of the molecule is O=C(O)CCC(=O)O.O=C(O)c1ccccc1C(=O)O. The second kappa shape index (κ2) is 8.25. The van der Waals surface area contributed by atoms with Crippen molar-refractivity contribution >= 4 is 23.9 Å². The fourth-order valence-corrected chi connectivity index (χ4v) is 1.07. The molecule has 0 bridgehead atoms. The van der Waals surface area contributed by atoms with Crippen molar-refractivity contribution < 1.29 is 39.6 Å². The van der Waals surface area contributed by atoms with Gasteiger partial charge in [-0.2, -0.15) is 0 Å². The van der Waals surface area contributed by atoms with Gasteiger partial charge in [0.1, 0.15) is 0 Å². The summed E-state index contributed by atoms with van der Waals surface area (Å²) in [6, 6.07) is 5.48. The van der Waals surface area contributed by atoms with Crippen LogP contribution in [0.25, 0.3) is 0 Å². The minimum Gasteiger partial charge on any atom is -0.481 e. The fraction of sp³-hybridized carbons (Fsp3) is 0.167. The molecule has 0 fully saturated rings. The lowest BCUT2D eigenvalue weighted by atomic mass is 10.1. The molecule has 0 heterocycles. The number of aliphatic carboxylic acids is 2. The average molecular weight is 284 g/mol. The summed E-state index contributed by atoms with van der Waals surface area (Å²) in [5.41, 5.74) is -0.380. The van der Waals surface area contributed by atoms with Crippen LogP contribution in [0.3, 0.4) is 0 Å². The lowest BCUT2D eigenvalue weighted by Crippen LogP contribution is -2.06. The number of carbonyl (C=O) groups is 4. The highest BCUT2D eigenvalue weighted by Crippen LogP contribution is 2.07. The van der Waals surface area contributed by atoms with Gasteiger partial charge in [0.2, 0.25) is 0 Å². The first-order valence-corrected chi connectivity index (χ1v) is 5.25. The highest BCUT2D eigenvalue weighted by molar-refractivity contribution is 6.01. The maximum absolute atomic E-state index is 10.5. The second-order valence-corrected chi connectivity index (χ2v) is 3.44. The number of hydrogen-bond donors (Lipinski definition) is 4. The molecule has 1 rings (SSSR count). The third-order valence-corrected chi connectivity index (χ3v) is 1.94. The first-order valence-electron chi connectivity index (χ1n) is 5.25. The second-order valence-electron chi connectivity index (χ2n) is 3.44. The number of rotatable bonds is 5. The predicted octanol–water partition coefficient (Wildman–Crippen LogP) is 1.02. The molecule has 0 amide bonds. The molecular weight excluding hydrogens is 272 g/mol. The number of hydrogen-bond acceptors (Lipinski definition) is 4. The van der Waals surface area contributed by atoms with Gasteiger partial charge in [-0.3, -0.25) is 9.59 Å². The quantitative estimate of drug-likeness (QED) is 0.625. The molecule has 0 aliphatic heterocycles. The van der Waals surface area contributed by atoms with Crippen molar-refractivity contribution in [3.63, 3.8) is 0 Å². The summed E-state index contributed by atoms with van der Waals surface area (Å²) in [6.45, 7) is 0. The third kappa shape index (κ3) is 6.74. The fourth-order valence-electron chi connectivity index (χ4n) is 1.07. The summed E-state index contributed by atoms with van der Waals surface area (Å²) in [4.78, 5) is 40.2. The van der Waals surface area contributed by atoms with Gasteiger partial charge < -0.3 is 20.4 Å². The number of carboxylic acids is 4. The molecule has 0 radical (unpaired) electrons. The van der Waals surface area contributed by atoms with E-state index in [4.69, 9.17) is 20.4 Å². The Labute approximate surface area is 112 Å². The topological polar surface area (TPSA) is 149 Å². The standard InChI is InChI=1S/C8H6O4.C4H6O4/c9-7(10)5-3-1-2-4-6(5)8(11)12;5-3(6)1-2-4(7)8/h1-4H,(H,9,10)(H,11,12);1-2H2,(H,5,6)(H,7,8). The lowest BCUT2D eigenvalue weighted by Gasteiger charge is -1.98. The zero-order valence-corrected chi connectivity index (χ0v) is 10.1. The Balaban J connectivity index is 0.000000396. The van der Waals surface area contributed by atoms with Gasteiger partial charge in [0, 0.05) is 0 Å². The van der Waals surface area contributed by atoms with E-state index in [1.54, 1.807) is 0 Å². The maximum Gasteiger partial charge on any atom is 0.336 e. The molecule has 8 heteroatoms. The molecule has 4 N–H and O–H groups in total. The Hall–Kier alpha value is -2.90. The van der Waals surface area contributed by atoms with Crippen molar-refractivity contribution in [3.8, 4) is 0 Å². The Bertz CT molecular complexity index is 473. The van der Waals surface area contributed by atoms with Gasteiger partial charge in [-0.15, -0.1) is 0 Å². The maximum atomic E-state index is 10.5. The summed E-state index contributed by atoms with van der Waals surface area (Å²) in [7, 11) is 0. The molecular formula is C12H12O8. The Morgan fingerprint density at radius 1 is 0.700 bits per heavy atom. The van der Waals surface area contributed by atoms with Crippen LogP contribution in [0.1, 0.15) is 33.6 Å². The van der Waals surface area contributed by atoms with Crippen LogP contribution in [0.5, 0.6) is 0 Å². The molecule has 0 saturated carbocycles. The summed E-state index contributed by atoms with van der Waals surface area (Å²) in [6.07, 6.45) is -0.593. The molecule has 108 valence electrons. The highest BCUT2D eigenvalue weighted by Gasteiger charge is 2.13. The van der Waals surface area contributed by atoms with Gasteiger partial charge in [0.25, 0.3) is 0 Å². The van der Waals surface area contributed by atoms with Crippen LogP contribution in [0.15, 0.2) is 24.3 Å². The molecule has 0 aromatic heterocycles. The van der Waals surface area contributed by atoms with Crippen LogP contribution in [-0.4, -0.2) is 44.3 Å². The Morgan fingerprint density at radius 3 is 1.20 bits per heavy atom. The van der Waals surface area contributed by atoms with Gasteiger partial charge in [-0.25, -0.2) is 9.59 Å². The first kappa shape index (κ1) is 17.1. The molecule has 0 aliphatic carbocycles. The van der Waals surface area contributed by atoms with Crippen molar-refractivity contribution in [1.82, 2.24) is 0 Å². The van der Waals surface area contributed by atoms with Crippen molar-refractivity contribution in [1.29, 1.82) is 0 Å². The zero-order chi connectivity index (χ0) is 15.7. The van der Waals surface area contributed by atoms with E-state index in [-0.39, 0.29) is 24.0 Å². The van der Waals surface area contributed by atoms with E-state index in [1.165, 1.54) is 24.3 Å². The van der Waals surface area contributed by atoms with E-state index in [0.717, 1.165) is 0 Å². The monoisotopic (exact) mass is 284 g/mol. The van der Waals surface area contributed by atoms with Crippen molar-refractivity contribution in [3.05, 3.63) is 35.4 Å². The molecule has 0 aliphatic rings. The molecule has 0 saturated heterocycles. The van der Waals surface area contributed by atoms with Crippen LogP contribution in [-0.2, 0) is 9.59 Å². The van der Waals surface area contributed by atoms with Crippen LogP contribution in [0.4, 0.5) is 0 Å². The van der Waals surface area contributed by atoms with Crippen molar-refractivity contribution in [2.45, 2.75) is 12.8 Å². The van der Waals surface area contributed by atoms with Crippen molar-refractivity contribution in [2.24, 2.45) is 0 Å². The van der Waals surface area contributed by atoms with E-state index >= 15 is 0 Å². The molecule has 0 spiro atoms. The summed E-state index contributed by atoms with van der Waals surface area (Å²) in [5.74, 6) is -4.61. The summed E-state index contributed by atoms with van der Waals surface area (Å²) >= 11 is 0. The van der Waals surface area contributed by atoms with Crippen molar-refractivity contribution in [2.75, 3.05) is 0 Å². The summed E-state index contributed by atoms with van der Waals surface area (Å²) < 4.78 is 0. The van der Waals surface area contributed by atoms with E-state index in [2.05, 4.69) is 0 Å². The van der Waals surface area contributed by atoms with E-state index < -0.39 is 23.9 Å². The number of carboxylic acid groups (broad SMARTS) is 4. The van der Waals surface area contributed by atoms with Gasteiger partial charge in [0.15, 0.2) is 0 Å². The van der Waals surface area contributed by atoms with Gasteiger partial charge in [-0.05, 0) is 12.1 Å². The smallest absolute Gasteiger partial charge is 0.336 e. The number of benzene rings is 1.